The van der Waals surface area contributed by atoms with Crippen LogP contribution in [0.15, 0.2) is 4.47 Å². The third-order valence-electron chi connectivity index (χ3n) is 1.61. The van der Waals surface area contributed by atoms with Gasteiger partial charge >= 0.3 is 5.97 Å². The Kier molecular flexibility index (Phi) is 2.98. The molecule has 0 amide bonds. The molecule has 0 atom stereocenters. The number of hydrogen-bond donors (Lipinski definition) is 1. The number of aromatic nitrogens is 2. The Balaban J connectivity index is 3.30. The smallest absolute Gasteiger partial charge is 0.373 e. The second-order valence-electron chi connectivity index (χ2n) is 2.55. The molecule has 70 valence electrons. The van der Waals surface area contributed by atoms with Crippen molar-refractivity contribution >= 4 is 21.9 Å². The number of aryl methyl sites for hydroxylation is 2. The Morgan fingerprint density at radius 2 is 2.15 bits per heavy atom. The molecule has 0 saturated carbocycles. The topological polar surface area (TPSA) is 63.1 Å². The predicted molar refractivity (Wildman–Crippen MR) is 50.8 cm³/mol. The number of halogens is 1. The second kappa shape index (κ2) is 3.83. The maximum Gasteiger partial charge on any atom is 0.373 e. The Morgan fingerprint density at radius 1 is 1.54 bits per heavy atom. The van der Waals surface area contributed by atoms with Crippen LogP contribution in [0, 0.1) is 6.92 Å². The third-order valence-corrected chi connectivity index (χ3v) is 2.64. The van der Waals surface area contributed by atoms with Crippen molar-refractivity contribution in [3.63, 3.8) is 0 Å². The standard InChI is InChI=1S/C8H9BrN2O2/c1-3-5-6(9)4(2)10-7(11-5)8(12)13/h3H2,1-2H3,(H,12,13). The number of aromatic carboxylic acids is 1. The van der Waals surface area contributed by atoms with Gasteiger partial charge in [-0.25, -0.2) is 14.8 Å². The SMILES string of the molecule is CCc1nc(C(=O)O)nc(C)c1Br. The maximum absolute atomic E-state index is 10.6. The van der Waals surface area contributed by atoms with Gasteiger partial charge in [-0.3, -0.25) is 0 Å². The van der Waals surface area contributed by atoms with Crippen molar-refractivity contribution in [3.05, 3.63) is 21.7 Å². The molecule has 13 heavy (non-hydrogen) atoms. The van der Waals surface area contributed by atoms with Crippen LogP contribution in [0.1, 0.15) is 28.9 Å². The lowest BCUT2D eigenvalue weighted by atomic mass is 10.3. The van der Waals surface area contributed by atoms with Crippen LogP contribution in [-0.2, 0) is 6.42 Å². The van der Waals surface area contributed by atoms with Crippen LogP contribution in [0.25, 0.3) is 0 Å². The number of rotatable bonds is 2. The summed E-state index contributed by atoms with van der Waals surface area (Å²) in [7, 11) is 0. The minimum Gasteiger partial charge on any atom is -0.475 e. The van der Waals surface area contributed by atoms with Crippen molar-refractivity contribution in [2.45, 2.75) is 20.3 Å². The molecule has 1 aromatic rings. The van der Waals surface area contributed by atoms with Gasteiger partial charge in [-0.15, -0.1) is 0 Å². The summed E-state index contributed by atoms with van der Waals surface area (Å²) in [5, 5.41) is 8.68. The molecule has 1 rings (SSSR count). The molecule has 5 heteroatoms. The van der Waals surface area contributed by atoms with E-state index in [1.54, 1.807) is 6.92 Å². The highest BCUT2D eigenvalue weighted by Crippen LogP contribution is 2.18. The fourth-order valence-corrected chi connectivity index (χ4v) is 1.41. The Labute approximate surface area is 84.2 Å². The monoisotopic (exact) mass is 244 g/mol. The highest BCUT2D eigenvalue weighted by molar-refractivity contribution is 9.10. The summed E-state index contributed by atoms with van der Waals surface area (Å²) in [4.78, 5) is 18.3. The molecular weight excluding hydrogens is 236 g/mol. The molecule has 0 fully saturated rings. The first-order valence-electron chi connectivity index (χ1n) is 3.82. The van der Waals surface area contributed by atoms with Crippen LogP contribution in [0.2, 0.25) is 0 Å². The van der Waals surface area contributed by atoms with E-state index in [2.05, 4.69) is 25.9 Å². The Bertz CT molecular complexity index is 352. The average molecular weight is 245 g/mol. The molecule has 1 heterocycles. The minimum atomic E-state index is -1.09. The van der Waals surface area contributed by atoms with E-state index in [-0.39, 0.29) is 5.82 Å². The number of hydrogen-bond acceptors (Lipinski definition) is 3. The lowest BCUT2D eigenvalue weighted by Crippen LogP contribution is -2.08. The predicted octanol–water partition coefficient (Wildman–Crippen LogP) is 1.81. The number of carboxylic acids is 1. The first-order chi connectivity index (χ1) is 6.06. The summed E-state index contributed by atoms with van der Waals surface area (Å²) in [6.45, 7) is 3.66. The van der Waals surface area contributed by atoms with Crippen LogP contribution in [-0.4, -0.2) is 21.0 Å². The summed E-state index contributed by atoms with van der Waals surface area (Å²) >= 11 is 3.31. The van der Waals surface area contributed by atoms with Gasteiger partial charge in [0.25, 0.3) is 0 Å². The van der Waals surface area contributed by atoms with Gasteiger partial charge in [0.15, 0.2) is 0 Å². The fraction of sp³-hybridized carbons (Fsp3) is 0.375. The van der Waals surface area contributed by atoms with Gasteiger partial charge in [-0.05, 0) is 29.3 Å². The van der Waals surface area contributed by atoms with Gasteiger partial charge in [-0.2, -0.15) is 0 Å². The summed E-state index contributed by atoms with van der Waals surface area (Å²) in [5.74, 6) is -1.23. The normalized spacial score (nSPS) is 10.1. The van der Waals surface area contributed by atoms with Gasteiger partial charge in [0, 0.05) is 0 Å². The maximum atomic E-state index is 10.6. The molecule has 0 unspecified atom stereocenters. The van der Waals surface area contributed by atoms with Gasteiger partial charge in [0.1, 0.15) is 0 Å². The first kappa shape index (κ1) is 10.1. The number of carboxylic acid groups (broad SMARTS) is 1. The summed E-state index contributed by atoms with van der Waals surface area (Å²) < 4.78 is 0.792. The van der Waals surface area contributed by atoms with Crippen LogP contribution in [0.5, 0.6) is 0 Å². The molecular formula is C8H9BrN2O2. The largest absolute Gasteiger partial charge is 0.475 e. The second-order valence-corrected chi connectivity index (χ2v) is 3.35. The lowest BCUT2D eigenvalue weighted by molar-refractivity contribution is 0.0682. The van der Waals surface area contributed by atoms with Gasteiger partial charge in [-0.1, -0.05) is 6.92 Å². The molecule has 1 N–H and O–H groups in total. The molecule has 4 nitrogen and oxygen atoms in total. The first-order valence-corrected chi connectivity index (χ1v) is 4.61. The van der Waals surface area contributed by atoms with E-state index in [9.17, 15) is 4.79 Å². The quantitative estimate of drug-likeness (QED) is 0.862. The Hall–Kier alpha value is -0.970. The van der Waals surface area contributed by atoms with Crippen molar-refractivity contribution in [2.75, 3.05) is 0 Å². The van der Waals surface area contributed by atoms with Gasteiger partial charge in [0.2, 0.25) is 5.82 Å². The zero-order chi connectivity index (χ0) is 10.0. The molecule has 0 bridgehead atoms. The fourth-order valence-electron chi connectivity index (χ4n) is 0.949. The van der Waals surface area contributed by atoms with Crippen molar-refractivity contribution in [1.82, 2.24) is 9.97 Å². The van der Waals surface area contributed by atoms with Crippen molar-refractivity contribution in [1.29, 1.82) is 0 Å². The van der Waals surface area contributed by atoms with E-state index < -0.39 is 5.97 Å². The highest BCUT2D eigenvalue weighted by Gasteiger charge is 2.12. The van der Waals surface area contributed by atoms with E-state index in [1.807, 2.05) is 6.92 Å². The zero-order valence-electron chi connectivity index (χ0n) is 7.33. The van der Waals surface area contributed by atoms with Gasteiger partial charge in [0.05, 0.1) is 15.9 Å². The molecule has 0 saturated heterocycles. The van der Waals surface area contributed by atoms with Crippen LogP contribution in [0.3, 0.4) is 0 Å². The van der Waals surface area contributed by atoms with E-state index in [0.717, 1.165) is 10.2 Å². The molecule has 0 aliphatic carbocycles. The van der Waals surface area contributed by atoms with E-state index in [0.29, 0.717) is 12.1 Å². The van der Waals surface area contributed by atoms with Crippen LogP contribution in [0.4, 0.5) is 0 Å². The minimum absolute atomic E-state index is 0.141. The zero-order valence-corrected chi connectivity index (χ0v) is 8.92. The molecule has 1 aromatic heterocycles. The average Bonchev–Trinajstić information content (AvgIpc) is 2.09. The van der Waals surface area contributed by atoms with Gasteiger partial charge < -0.3 is 5.11 Å². The van der Waals surface area contributed by atoms with Crippen molar-refractivity contribution < 1.29 is 9.90 Å². The molecule has 0 aliphatic heterocycles. The number of nitrogens with zero attached hydrogens (tertiary/aromatic N) is 2. The molecule has 0 spiro atoms. The molecule has 0 aromatic carbocycles. The summed E-state index contributed by atoms with van der Waals surface area (Å²) in [6, 6.07) is 0. The third kappa shape index (κ3) is 2.03. The number of carbonyl (C=O) groups is 1. The van der Waals surface area contributed by atoms with E-state index >= 15 is 0 Å². The molecule has 0 radical (unpaired) electrons. The summed E-state index contributed by atoms with van der Waals surface area (Å²) in [5.41, 5.74) is 1.38. The molecule has 0 aliphatic rings. The van der Waals surface area contributed by atoms with Crippen LogP contribution < -0.4 is 0 Å². The van der Waals surface area contributed by atoms with Crippen molar-refractivity contribution in [2.24, 2.45) is 0 Å². The van der Waals surface area contributed by atoms with E-state index in [1.165, 1.54) is 0 Å². The lowest BCUT2D eigenvalue weighted by Gasteiger charge is -2.04. The highest BCUT2D eigenvalue weighted by atomic mass is 79.9. The van der Waals surface area contributed by atoms with Crippen LogP contribution >= 0.6 is 15.9 Å². The summed E-state index contributed by atoms with van der Waals surface area (Å²) in [6.07, 6.45) is 0.685. The van der Waals surface area contributed by atoms with Crippen molar-refractivity contribution in [3.8, 4) is 0 Å². The van der Waals surface area contributed by atoms with E-state index in [4.69, 9.17) is 5.11 Å². The Morgan fingerprint density at radius 3 is 2.62 bits per heavy atom.